The van der Waals surface area contributed by atoms with E-state index >= 15 is 0 Å². The van der Waals surface area contributed by atoms with Crippen molar-refractivity contribution in [2.24, 2.45) is 4.99 Å². The van der Waals surface area contributed by atoms with Gasteiger partial charge in [0.1, 0.15) is 23.6 Å². The summed E-state index contributed by atoms with van der Waals surface area (Å²) in [5, 5.41) is 0. The maximum absolute atomic E-state index is 5.65. The second kappa shape index (κ2) is 7.85. The lowest BCUT2D eigenvalue weighted by atomic mass is 10.3. The van der Waals surface area contributed by atoms with Crippen LogP contribution < -0.4 is 4.74 Å². The van der Waals surface area contributed by atoms with Crippen LogP contribution in [0.2, 0.25) is 0 Å². The third-order valence-corrected chi connectivity index (χ3v) is 4.40. The van der Waals surface area contributed by atoms with E-state index in [-0.39, 0.29) is 0 Å². The smallest absolute Gasteiger partial charge is 0.234 e. The number of benzene rings is 1. The van der Waals surface area contributed by atoms with Gasteiger partial charge in [-0.25, -0.2) is 9.97 Å². The van der Waals surface area contributed by atoms with Gasteiger partial charge in [-0.05, 0) is 44.0 Å². The van der Waals surface area contributed by atoms with Crippen molar-refractivity contribution < 1.29 is 9.47 Å². The molecule has 0 radical (unpaired) electrons. The average molecular weight is 354 g/mol. The lowest BCUT2D eigenvalue weighted by Crippen LogP contribution is -1.94. The van der Waals surface area contributed by atoms with Gasteiger partial charge in [0, 0.05) is 17.3 Å². The molecule has 0 unspecified atom stereocenters. The third-order valence-electron chi connectivity index (χ3n) is 3.54. The Morgan fingerprint density at radius 3 is 2.88 bits per heavy atom. The van der Waals surface area contributed by atoms with Crippen LogP contribution in [0.25, 0.3) is 11.5 Å². The van der Waals surface area contributed by atoms with Gasteiger partial charge in [0.2, 0.25) is 5.78 Å². The van der Waals surface area contributed by atoms with Crippen LogP contribution in [-0.2, 0) is 4.74 Å². The predicted octanol–water partition coefficient (Wildman–Crippen LogP) is 3.81. The highest BCUT2D eigenvalue weighted by Gasteiger charge is 2.13. The number of aryl methyl sites for hydroxylation is 1. The Morgan fingerprint density at radius 1 is 1.36 bits per heavy atom. The lowest BCUT2D eigenvalue weighted by molar-refractivity contribution is 0.318. The van der Waals surface area contributed by atoms with Crippen molar-refractivity contribution in [3.63, 3.8) is 0 Å². The molecule has 3 rings (SSSR count). The molecule has 0 amide bonds. The van der Waals surface area contributed by atoms with Crippen molar-refractivity contribution in [1.82, 2.24) is 14.4 Å². The molecule has 6 nitrogen and oxygen atoms in total. The monoisotopic (exact) mass is 354 g/mol. The molecule has 0 aliphatic rings. The summed E-state index contributed by atoms with van der Waals surface area (Å²) in [4.78, 5) is 13.8. The van der Waals surface area contributed by atoms with E-state index in [1.54, 1.807) is 31.3 Å². The fraction of sp³-hybridized carbons (Fsp3) is 0.167. The van der Waals surface area contributed by atoms with Crippen molar-refractivity contribution in [2.45, 2.75) is 11.8 Å². The van der Waals surface area contributed by atoms with E-state index in [1.807, 2.05) is 47.9 Å². The van der Waals surface area contributed by atoms with Gasteiger partial charge >= 0.3 is 0 Å². The second-order valence-electron chi connectivity index (χ2n) is 5.10. The Bertz CT molecular complexity index is 903. The van der Waals surface area contributed by atoms with Crippen molar-refractivity contribution in [2.75, 3.05) is 13.0 Å². The number of methoxy groups -OCH3 is 1. The van der Waals surface area contributed by atoms with E-state index in [2.05, 4.69) is 21.7 Å². The molecule has 0 saturated carbocycles. The maximum atomic E-state index is 5.65. The molecular formula is C18H18N4O2S. The van der Waals surface area contributed by atoms with Crippen LogP contribution >= 0.6 is 11.8 Å². The van der Waals surface area contributed by atoms with Crippen molar-refractivity contribution in [1.29, 1.82) is 0 Å². The molecule has 128 valence electrons. The molecular weight excluding hydrogens is 336 g/mol. The minimum absolute atomic E-state index is 0.458. The molecule has 3 aromatic rings. The standard InChI is InChI=1S/C18H18N4O2S/c1-13-17(22-10-4-9-20-18(22)21-13)16(19-2)11-24-12-25-15-7-5-14(23-3)6-8-15/h4-11H,2,12H2,1,3H3/b16-11-. The zero-order valence-corrected chi connectivity index (χ0v) is 14.9. The lowest BCUT2D eigenvalue weighted by Gasteiger charge is -2.06. The van der Waals surface area contributed by atoms with Crippen LogP contribution in [0.3, 0.4) is 0 Å². The molecule has 0 N–H and O–H groups in total. The maximum Gasteiger partial charge on any atom is 0.234 e. The van der Waals surface area contributed by atoms with Crippen LogP contribution in [0.15, 0.2) is 58.9 Å². The molecule has 25 heavy (non-hydrogen) atoms. The molecule has 0 saturated heterocycles. The number of rotatable bonds is 7. The summed E-state index contributed by atoms with van der Waals surface area (Å²) >= 11 is 1.58. The first-order valence-electron chi connectivity index (χ1n) is 7.58. The molecule has 0 spiro atoms. The SMILES string of the molecule is C=N/C(=C\OCSc1ccc(OC)cc1)c1c(C)nc2ncccn12. The highest BCUT2D eigenvalue weighted by Crippen LogP contribution is 2.23. The van der Waals surface area contributed by atoms with Gasteiger partial charge in [0.25, 0.3) is 0 Å². The first-order valence-corrected chi connectivity index (χ1v) is 8.57. The number of nitrogens with zero attached hydrogens (tertiary/aromatic N) is 4. The van der Waals surface area contributed by atoms with E-state index in [0.29, 0.717) is 17.4 Å². The number of fused-ring (bicyclic) bond motifs is 1. The zero-order chi connectivity index (χ0) is 17.6. The minimum atomic E-state index is 0.458. The van der Waals surface area contributed by atoms with E-state index < -0.39 is 0 Å². The van der Waals surface area contributed by atoms with E-state index in [9.17, 15) is 0 Å². The zero-order valence-electron chi connectivity index (χ0n) is 14.0. The Kier molecular flexibility index (Phi) is 5.35. The fourth-order valence-electron chi connectivity index (χ4n) is 2.36. The average Bonchev–Trinajstić information content (AvgIpc) is 2.98. The van der Waals surface area contributed by atoms with Gasteiger partial charge in [0.05, 0.1) is 18.5 Å². The molecule has 7 heteroatoms. The van der Waals surface area contributed by atoms with Crippen LogP contribution in [0, 0.1) is 6.92 Å². The molecule has 2 aromatic heterocycles. The largest absolute Gasteiger partial charge is 0.497 e. The van der Waals surface area contributed by atoms with Crippen molar-refractivity contribution >= 4 is 30.0 Å². The molecule has 0 aliphatic heterocycles. The number of ether oxygens (including phenoxy) is 2. The van der Waals surface area contributed by atoms with Gasteiger partial charge in [-0.2, -0.15) is 0 Å². The normalized spacial score (nSPS) is 11.5. The molecule has 0 atom stereocenters. The van der Waals surface area contributed by atoms with E-state index in [4.69, 9.17) is 9.47 Å². The van der Waals surface area contributed by atoms with Crippen LogP contribution in [0.4, 0.5) is 0 Å². The van der Waals surface area contributed by atoms with Crippen LogP contribution in [0.1, 0.15) is 11.4 Å². The third kappa shape index (κ3) is 3.83. The Morgan fingerprint density at radius 2 is 2.16 bits per heavy atom. The minimum Gasteiger partial charge on any atom is -0.497 e. The first-order chi connectivity index (χ1) is 12.2. The van der Waals surface area contributed by atoms with Gasteiger partial charge in [-0.3, -0.25) is 9.39 Å². The summed E-state index contributed by atoms with van der Waals surface area (Å²) < 4.78 is 12.7. The summed E-state index contributed by atoms with van der Waals surface area (Å²) in [6.07, 6.45) is 5.20. The van der Waals surface area contributed by atoms with E-state index in [0.717, 1.165) is 22.0 Å². The number of hydrogen-bond acceptors (Lipinski definition) is 6. The highest BCUT2D eigenvalue weighted by molar-refractivity contribution is 7.99. The summed E-state index contributed by atoms with van der Waals surface area (Å²) in [5.74, 6) is 1.91. The predicted molar refractivity (Wildman–Crippen MR) is 100 cm³/mol. The summed E-state index contributed by atoms with van der Waals surface area (Å²) in [5.41, 5.74) is 2.27. The van der Waals surface area contributed by atoms with Crippen molar-refractivity contribution in [3.8, 4) is 5.75 Å². The first kappa shape index (κ1) is 17.0. The fourth-order valence-corrected chi connectivity index (χ4v) is 2.96. The Hall–Kier alpha value is -2.80. The Labute approximate surface area is 150 Å². The molecule has 0 fully saturated rings. The molecule has 0 aliphatic carbocycles. The van der Waals surface area contributed by atoms with Gasteiger partial charge in [0.15, 0.2) is 0 Å². The summed E-state index contributed by atoms with van der Waals surface area (Å²) in [6.45, 7) is 5.55. The number of thioether (sulfide) groups is 1. The quantitative estimate of drug-likeness (QED) is 0.212. The van der Waals surface area contributed by atoms with Crippen LogP contribution in [0.5, 0.6) is 5.75 Å². The number of aliphatic imine (C=N–C) groups is 1. The molecule has 0 bridgehead atoms. The van der Waals surface area contributed by atoms with Gasteiger partial charge < -0.3 is 9.47 Å². The van der Waals surface area contributed by atoms with Crippen LogP contribution in [-0.4, -0.2) is 34.1 Å². The topological polar surface area (TPSA) is 61.0 Å². The molecule has 2 heterocycles. The summed E-state index contributed by atoms with van der Waals surface area (Å²) in [7, 11) is 1.65. The number of aromatic nitrogens is 3. The highest BCUT2D eigenvalue weighted by atomic mass is 32.2. The Balaban J connectivity index is 1.70. The number of hydrogen-bond donors (Lipinski definition) is 0. The number of imidazole rings is 1. The second-order valence-corrected chi connectivity index (χ2v) is 6.10. The van der Waals surface area contributed by atoms with Gasteiger partial charge in [-0.15, -0.1) is 0 Å². The van der Waals surface area contributed by atoms with Gasteiger partial charge in [-0.1, -0.05) is 11.8 Å². The summed E-state index contributed by atoms with van der Waals surface area (Å²) in [6, 6.07) is 9.67. The molecule has 1 aromatic carbocycles. The van der Waals surface area contributed by atoms with Crippen molar-refractivity contribution in [3.05, 3.63) is 60.4 Å². The van der Waals surface area contributed by atoms with E-state index in [1.165, 1.54) is 0 Å².